The quantitative estimate of drug-likeness (QED) is 0.592. The number of rotatable bonds is 3. The highest BCUT2D eigenvalue weighted by Gasteiger charge is 2.15. The van der Waals surface area contributed by atoms with E-state index in [1.165, 1.54) is 18.2 Å². The highest BCUT2D eigenvalue weighted by Crippen LogP contribution is 2.16. The Hall–Kier alpha value is -1.19. The van der Waals surface area contributed by atoms with E-state index in [1.54, 1.807) is 0 Å². The monoisotopic (exact) mass is 230 g/mol. The fourth-order valence-corrected chi connectivity index (χ4v) is 1.36. The second-order valence-corrected chi connectivity index (χ2v) is 3.12. The van der Waals surface area contributed by atoms with E-state index < -0.39 is 10.5 Å². The van der Waals surface area contributed by atoms with Gasteiger partial charge >= 0.3 is 0 Å². The lowest BCUT2D eigenvalue weighted by Gasteiger charge is -2.02. The van der Waals surface area contributed by atoms with Crippen molar-refractivity contribution in [2.45, 2.75) is 0 Å². The zero-order valence-electron chi connectivity index (χ0n) is 6.79. The number of carbonyl (C=O) groups is 3. The Balaban J connectivity index is 3.47. The molecule has 0 aliphatic rings. The summed E-state index contributed by atoms with van der Waals surface area (Å²) in [6.45, 7) is 0. The maximum Gasteiger partial charge on any atom is 0.253 e. The molecule has 0 atom stereocenters. The van der Waals surface area contributed by atoms with Gasteiger partial charge in [0.15, 0.2) is 6.29 Å². The van der Waals surface area contributed by atoms with Gasteiger partial charge in [-0.05, 0) is 35.3 Å². The van der Waals surface area contributed by atoms with E-state index in [4.69, 9.17) is 23.2 Å². The molecule has 0 saturated heterocycles. The minimum atomic E-state index is -0.799. The van der Waals surface area contributed by atoms with Gasteiger partial charge < -0.3 is 0 Å². The second kappa shape index (κ2) is 4.35. The summed E-state index contributed by atoms with van der Waals surface area (Å²) in [5.74, 6) is 0. The van der Waals surface area contributed by atoms with Crippen LogP contribution in [0.5, 0.6) is 0 Å². The van der Waals surface area contributed by atoms with Gasteiger partial charge in [0.05, 0.1) is 0 Å². The van der Waals surface area contributed by atoms with Gasteiger partial charge in [0, 0.05) is 16.7 Å². The van der Waals surface area contributed by atoms with Crippen molar-refractivity contribution in [3.05, 3.63) is 34.9 Å². The molecule has 0 bridgehead atoms. The van der Waals surface area contributed by atoms with Gasteiger partial charge in [-0.1, -0.05) is 6.07 Å². The average Bonchev–Trinajstić information content (AvgIpc) is 2.16. The summed E-state index contributed by atoms with van der Waals surface area (Å²) < 4.78 is 0. The lowest BCUT2D eigenvalue weighted by Crippen LogP contribution is -2.03. The molecule has 0 amide bonds. The van der Waals surface area contributed by atoms with Crippen molar-refractivity contribution in [1.29, 1.82) is 0 Å². The molecule has 0 heterocycles. The van der Waals surface area contributed by atoms with Crippen molar-refractivity contribution < 1.29 is 14.4 Å². The Labute approximate surface area is 89.6 Å². The Bertz CT molecular complexity index is 380. The molecule has 1 aromatic rings. The predicted octanol–water partition coefficient (Wildman–Crippen LogP) is 2.26. The van der Waals surface area contributed by atoms with Gasteiger partial charge in [0.25, 0.3) is 10.5 Å². The molecule has 5 heteroatoms. The van der Waals surface area contributed by atoms with Crippen LogP contribution in [0.4, 0.5) is 0 Å². The fraction of sp³-hybridized carbons (Fsp3) is 0. The van der Waals surface area contributed by atoms with Crippen LogP contribution in [0.15, 0.2) is 18.2 Å². The zero-order valence-corrected chi connectivity index (χ0v) is 8.30. The van der Waals surface area contributed by atoms with Crippen LogP contribution in [-0.4, -0.2) is 16.8 Å². The Morgan fingerprint density at radius 2 is 1.50 bits per heavy atom. The Morgan fingerprint density at radius 3 is 1.79 bits per heavy atom. The third-order valence-corrected chi connectivity index (χ3v) is 2.05. The number of hydrogen-bond donors (Lipinski definition) is 0. The largest absolute Gasteiger partial charge is 0.298 e. The van der Waals surface area contributed by atoms with Crippen molar-refractivity contribution in [1.82, 2.24) is 0 Å². The average molecular weight is 231 g/mol. The summed E-state index contributed by atoms with van der Waals surface area (Å²) in [5.41, 5.74) is -0.117. The molecule has 0 aliphatic carbocycles. The van der Waals surface area contributed by atoms with Crippen LogP contribution >= 0.6 is 23.2 Å². The normalized spacial score (nSPS) is 9.57. The molecule has 0 aliphatic heterocycles. The number of hydrogen-bond acceptors (Lipinski definition) is 3. The first-order valence-corrected chi connectivity index (χ1v) is 4.31. The highest BCUT2D eigenvalue weighted by molar-refractivity contribution is 6.69. The van der Waals surface area contributed by atoms with E-state index in [-0.39, 0.29) is 16.7 Å². The molecule has 1 rings (SSSR count). The Morgan fingerprint density at radius 1 is 1.07 bits per heavy atom. The van der Waals surface area contributed by atoms with E-state index in [9.17, 15) is 14.4 Å². The first-order valence-electron chi connectivity index (χ1n) is 3.55. The van der Waals surface area contributed by atoms with Crippen molar-refractivity contribution in [2.24, 2.45) is 0 Å². The minimum Gasteiger partial charge on any atom is -0.298 e. The molecular formula is C9H4Cl2O3. The second-order valence-electron chi connectivity index (χ2n) is 2.43. The first-order chi connectivity index (χ1) is 6.57. The Kier molecular flexibility index (Phi) is 3.38. The van der Waals surface area contributed by atoms with Crippen LogP contribution in [0.25, 0.3) is 0 Å². The molecular weight excluding hydrogens is 227 g/mol. The van der Waals surface area contributed by atoms with Gasteiger partial charge in [-0.25, -0.2) is 0 Å². The highest BCUT2D eigenvalue weighted by atomic mass is 35.5. The van der Waals surface area contributed by atoms with Crippen LogP contribution < -0.4 is 0 Å². The summed E-state index contributed by atoms with van der Waals surface area (Å²) in [4.78, 5) is 32.3. The van der Waals surface area contributed by atoms with Crippen molar-refractivity contribution in [3.63, 3.8) is 0 Å². The first kappa shape index (κ1) is 10.9. The van der Waals surface area contributed by atoms with Crippen molar-refractivity contribution in [2.75, 3.05) is 0 Å². The van der Waals surface area contributed by atoms with Gasteiger partial charge in [-0.15, -0.1) is 0 Å². The summed E-state index contributed by atoms with van der Waals surface area (Å²) in [6, 6.07) is 4.13. The number of halogens is 2. The SMILES string of the molecule is O=Cc1c(C(=O)Cl)cccc1C(=O)Cl. The van der Waals surface area contributed by atoms with Crippen LogP contribution in [0, 0.1) is 0 Å². The molecule has 0 radical (unpaired) electrons. The molecule has 0 aromatic heterocycles. The number of aldehydes is 1. The zero-order chi connectivity index (χ0) is 10.7. The minimum absolute atomic E-state index is 0.0202. The third-order valence-electron chi connectivity index (χ3n) is 1.65. The predicted molar refractivity (Wildman–Crippen MR) is 52.2 cm³/mol. The molecule has 14 heavy (non-hydrogen) atoms. The van der Waals surface area contributed by atoms with Crippen LogP contribution in [0.2, 0.25) is 0 Å². The molecule has 0 spiro atoms. The third kappa shape index (κ3) is 2.00. The van der Waals surface area contributed by atoms with Crippen LogP contribution in [0.1, 0.15) is 31.1 Å². The van der Waals surface area contributed by atoms with Crippen molar-refractivity contribution >= 4 is 40.0 Å². The van der Waals surface area contributed by atoms with Crippen LogP contribution in [0.3, 0.4) is 0 Å². The van der Waals surface area contributed by atoms with E-state index in [2.05, 4.69) is 0 Å². The smallest absolute Gasteiger partial charge is 0.253 e. The summed E-state index contributed by atoms with van der Waals surface area (Å²) in [6.07, 6.45) is 0.380. The number of carbonyl (C=O) groups excluding carboxylic acids is 3. The van der Waals surface area contributed by atoms with E-state index in [1.807, 2.05) is 0 Å². The lowest BCUT2D eigenvalue weighted by molar-refractivity contribution is 0.105. The molecule has 0 saturated carbocycles. The lowest BCUT2D eigenvalue weighted by atomic mass is 10.0. The van der Waals surface area contributed by atoms with Gasteiger partial charge in [-0.3, -0.25) is 14.4 Å². The topological polar surface area (TPSA) is 51.2 Å². The van der Waals surface area contributed by atoms with Gasteiger partial charge in [0.2, 0.25) is 0 Å². The molecule has 0 unspecified atom stereocenters. The summed E-state index contributed by atoms with van der Waals surface area (Å²) in [7, 11) is 0. The standard InChI is InChI=1S/C9H4Cl2O3/c10-8(13)5-2-1-3-6(9(11)14)7(5)4-12/h1-4H. The van der Waals surface area contributed by atoms with Gasteiger partial charge in [0.1, 0.15) is 0 Å². The van der Waals surface area contributed by atoms with Crippen molar-refractivity contribution in [3.8, 4) is 0 Å². The van der Waals surface area contributed by atoms with E-state index >= 15 is 0 Å². The molecule has 3 nitrogen and oxygen atoms in total. The molecule has 0 N–H and O–H groups in total. The van der Waals surface area contributed by atoms with E-state index in [0.29, 0.717) is 6.29 Å². The molecule has 0 fully saturated rings. The summed E-state index contributed by atoms with van der Waals surface area (Å²) >= 11 is 10.4. The molecule has 72 valence electrons. The van der Waals surface area contributed by atoms with E-state index in [0.717, 1.165) is 0 Å². The maximum atomic E-state index is 10.9. The molecule has 1 aromatic carbocycles. The maximum absolute atomic E-state index is 10.9. The van der Waals surface area contributed by atoms with Crippen LogP contribution in [-0.2, 0) is 0 Å². The summed E-state index contributed by atoms with van der Waals surface area (Å²) in [5, 5.41) is -1.60. The fourth-order valence-electron chi connectivity index (χ4n) is 1.03. The number of benzene rings is 1. The van der Waals surface area contributed by atoms with Gasteiger partial charge in [-0.2, -0.15) is 0 Å².